The fourth-order valence-electron chi connectivity index (χ4n) is 1.62. The molecular weight excluding hydrogens is 264 g/mol. The van der Waals surface area contributed by atoms with Crippen LogP contribution in [0.2, 0.25) is 0 Å². The van der Waals surface area contributed by atoms with Crippen molar-refractivity contribution in [3.8, 4) is 12.1 Å². The first-order valence-corrected chi connectivity index (χ1v) is 7.08. The van der Waals surface area contributed by atoms with Gasteiger partial charge in [0.05, 0.1) is 11.6 Å². The summed E-state index contributed by atoms with van der Waals surface area (Å²) in [5.41, 5.74) is 5.87. The number of hydrogen-bond acceptors (Lipinski definition) is 5. The molecule has 0 aliphatic carbocycles. The van der Waals surface area contributed by atoms with Gasteiger partial charge in [-0.2, -0.15) is 14.8 Å². The smallest absolute Gasteiger partial charge is 0.244 e. The molecule has 0 aliphatic heterocycles. The van der Waals surface area contributed by atoms with Gasteiger partial charge in [0, 0.05) is 25.2 Å². The number of benzene rings is 1. The SMILES string of the molecule is CCN(CCC#N)S(=O)(=O)c1ccc(N)cc1C#N. The maximum atomic E-state index is 12.4. The van der Waals surface area contributed by atoms with Gasteiger partial charge in [-0.3, -0.25) is 0 Å². The molecule has 0 amide bonds. The van der Waals surface area contributed by atoms with E-state index in [1.165, 1.54) is 22.5 Å². The molecule has 6 nitrogen and oxygen atoms in total. The average Bonchev–Trinajstić information content (AvgIpc) is 2.38. The van der Waals surface area contributed by atoms with E-state index in [0.717, 1.165) is 0 Å². The Balaban J connectivity index is 3.27. The first-order chi connectivity index (χ1) is 8.97. The van der Waals surface area contributed by atoms with Crippen LogP contribution in [0.3, 0.4) is 0 Å². The minimum atomic E-state index is -3.78. The van der Waals surface area contributed by atoms with Crippen molar-refractivity contribution >= 4 is 15.7 Å². The summed E-state index contributed by atoms with van der Waals surface area (Å²) in [4.78, 5) is -0.0796. The molecule has 0 atom stereocenters. The molecule has 1 aromatic rings. The maximum Gasteiger partial charge on any atom is 0.244 e. The second-order valence-corrected chi connectivity index (χ2v) is 5.68. The van der Waals surface area contributed by atoms with Crippen molar-refractivity contribution < 1.29 is 8.42 Å². The van der Waals surface area contributed by atoms with Crippen molar-refractivity contribution in [3.63, 3.8) is 0 Å². The standard InChI is InChI=1S/C12H14N4O2S/c1-2-16(7-3-6-13)19(17,18)12-5-4-11(15)8-10(12)9-14/h4-5,8H,2-3,7,15H2,1H3. The van der Waals surface area contributed by atoms with Gasteiger partial charge in [0.1, 0.15) is 11.0 Å². The molecule has 2 N–H and O–H groups in total. The molecule has 19 heavy (non-hydrogen) atoms. The summed E-state index contributed by atoms with van der Waals surface area (Å²) in [6.45, 7) is 2.02. The number of rotatable bonds is 5. The average molecular weight is 278 g/mol. The minimum absolute atomic E-state index is 0.00964. The highest BCUT2D eigenvalue weighted by Gasteiger charge is 2.25. The molecule has 0 heterocycles. The van der Waals surface area contributed by atoms with Gasteiger partial charge in [-0.15, -0.1) is 0 Å². The van der Waals surface area contributed by atoms with Crippen molar-refractivity contribution in [3.05, 3.63) is 23.8 Å². The van der Waals surface area contributed by atoms with E-state index in [2.05, 4.69) is 0 Å². The molecule has 0 bridgehead atoms. The Morgan fingerprint density at radius 1 is 1.37 bits per heavy atom. The van der Waals surface area contributed by atoms with Gasteiger partial charge in [-0.05, 0) is 18.2 Å². The zero-order chi connectivity index (χ0) is 14.5. The van der Waals surface area contributed by atoms with Crippen LogP contribution in [0.4, 0.5) is 5.69 Å². The van der Waals surface area contributed by atoms with Crippen LogP contribution in [0, 0.1) is 22.7 Å². The van der Waals surface area contributed by atoms with E-state index in [4.69, 9.17) is 16.3 Å². The molecule has 7 heteroatoms. The van der Waals surface area contributed by atoms with Crippen LogP contribution in [0.25, 0.3) is 0 Å². The largest absolute Gasteiger partial charge is 0.399 e. The summed E-state index contributed by atoms with van der Waals surface area (Å²) >= 11 is 0. The van der Waals surface area contributed by atoms with E-state index in [-0.39, 0.29) is 30.0 Å². The lowest BCUT2D eigenvalue weighted by atomic mass is 10.2. The fraction of sp³-hybridized carbons (Fsp3) is 0.333. The molecule has 0 unspecified atom stereocenters. The summed E-state index contributed by atoms with van der Waals surface area (Å²) in [6, 6.07) is 7.81. The van der Waals surface area contributed by atoms with Crippen LogP contribution in [0.1, 0.15) is 18.9 Å². The number of nitrogens with two attached hydrogens (primary N) is 1. The molecule has 0 aliphatic rings. The topological polar surface area (TPSA) is 111 Å². The summed E-state index contributed by atoms with van der Waals surface area (Å²) in [5.74, 6) is 0. The van der Waals surface area contributed by atoms with E-state index in [0.29, 0.717) is 5.69 Å². The third-order valence-electron chi connectivity index (χ3n) is 2.57. The van der Waals surface area contributed by atoms with Crippen LogP contribution in [0.15, 0.2) is 23.1 Å². The van der Waals surface area contributed by atoms with E-state index in [9.17, 15) is 8.42 Å². The lowest BCUT2D eigenvalue weighted by Crippen LogP contribution is -2.32. The fourth-order valence-corrected chi connectivity index (χ4v) is 3.19. The zero-order valence-electron chi connectivity index (χ0n) is 10.5. The highest BCUT2D eigenvalue weighted by molar-refractivity contribution is 7.89. The highest BCUT2D eigenvalue weighted by Crippen LogP contribution is 2.22. The Labute approximate surface area is 112 Å². The lowest BCUT2D eigenvalue weighted by molar-refractivity contribution is 0.435. The van der Waals surface area contributed by atoms with Crippen LogP contribution >= 0.6 is 0 Å². The number of nitrogen functional groups attached to an aromatic ring is 1. The van der Waals surface area contributed by atoms with Crippen molar-refractivity contribution in [1.82, 2.24) is 4.31 Å². The Morgan fingerprint density at radius 2 is 2.05 bits per heavy atom. The van der Waals surface area contributed by atoms with Crippen LogP contribution in [-0.4, -0.2) is 25.8 Å². The van der Waals surface area contributed by atoms with Crippen LogP contribution < -0.4 is 5.73 Å². The second kappa shape index (κ2) is 6.19. The molecule has 0 fully saturated rings. The predicted octanol–water partition coefficient (Wildman–Crippen LogP) is 1.06. The molecule has 100 valence electrons. The first-order valence-electron chi connectivity index (χ1n) is 5.64. The number of anilines is 1. The van der Waals surface area contributed by atoms with E-state index >= 15 is 0 Å². The third kappa shape index (κ3) is 3.22. The van der Waals surface area contributed by atoms with Gasteiger partial charge in [0.15, 0.2) is 0 Å². The van der Waals surface area contributed by atoms with E-state index in [1.807, 2.05) is 12.1 Å². The van der Waals surface area contributed by atoms with Crippen LogP contribution in [0.5, 0.6) is 0 Å². The Kier molecular flexibility index (Phi) is 4.87. The second-order valence-electron chi connectivity index (χ2n) is 3.77. The van der Waals surface area contributed by atoms with Gasteiger partial charge in [-0.25, -0.2) is 8.42 Å². The summed E-state index contributed by atoms with van der Waals surface area (Å²) in [6.07, 6.45) is 0.101. The molecule has 0 saturated heterocycles. The molecule has 1 aromatic carbocycles. The number of nitriles is 2. The van der Waals surface area contributed by atoms with Gasteiger partial charge in [0.2, 0.25) is 10.0 Å². The van der Waals surface area contributed by atoms with Crippen molar-refractivity contribution in [1.29, 1.82) is 10.5 Å². The zero-order valence-corrected chi connectivity index (χ0v) is 11.3. The third-order valence-corrected chi connectivity index (χ3v) is 4.60. The molecule has 1 rings (SSSR count). The maximum absolute atomic E-state index is 12.4. The molecule has 0 spiro atoms. The summed E-state index contributed by atoms with van der Waals surface area (Å²) in [7, 11) is -3.78. The number of nitrogens with zero attached hydrogens (tertiary/aromatic N) is 3. The van der Waals surface area contributed by atoms with Gasteiger partial charge < -0.3 is 5.73 Å². The predicted molar refractivity (Wildman–Crippen MR) is 70.2 cm³/mol. The monoisotopic (exact) mass is 278 g/mol. The molecular formula is C12H14N4O2S. The van der Waals surface area contributed by atoms with E-state index in [1.54, 1.807) is 6.92 Å². The minimum Gasteiger partial charge on any atom is -0.399 e. The van der Waals surface area contributed by atoms with Gasteiger partial charge in [-0.1, -0.05) is 6.92 Å². The number of sulfonamides is 1. The summed E-state index contributed by atoms with van der Waals surface area (Å²) in [5, 5.41) is 17.5. The van der Waals surface area contributed by atoms with Gasteiger partial charge in [0.25, 0.3) is 0 Å². The highest BCUT2D eigenvalue weighted by atomic mass is 32.2. The number of hydrogen-bond donors (Lipinski definition) is 1. The van der Waals surface area contributed by atoms with Crippen molar-refractivity contribution in [2.24, 2.45) is 0 Å². The molecule has 0 saturated carbocycles. The van der Waals surface area contributed by atoms with Gasteiger partial charge >= 0.3 is 0 Å². The quantitative estimate of drug-likeness (QED) is 0.809. The van der Waals surface area contributed by atoms with Crippen molar-refractivity contribution in [2.45, 2.75) is 18.2 Å². The molecule has 0 radical (unpaired) electrons. The Hall–Kier alpha value is -2.09. The van der Waals surface area contributed by atoms with Crippen molar-refractivity contribution in [2.75, 3.05) is 18.8 Å². The normalized spacial score (nSPS) is 10.9. The molecule has 0 aromatic heterocycles. The van der Waals surface area contributed by atoms with Crippen LogP contribution in [-0.2, 0) is 10.0 Å². The summed E-state index contributed by atoms with van der Waals surface area (Å²) < 4.78 is 25.9. The Bertz CT molecular complexity index is 641. The lowest BCUT2D eigenvalue weighted by Gasteiger charge is -2.19. The Morgan fingerprint density at radius 3 is 2.58 bits per heavy atom. The first kappa shape index (κ1) is 15.0. The van der Waals surface area contributed by atoms with E-state index < -0.39 is 10.0 Å².